The van der Waals surface area contributed by atoms with E-state index in [4.69, 9.17) is 5.11 Å². The highest BCUT2D eigenvalue weighted by molar-refractivity contribution is 5.88. The van der Waals surface area contributed by atoms with Crippen LogP contribution in [0, 0.1) is 13.8 Å². The lowest BCUT2D eigenvalue weighted by molar-refractivity contribution is 0.0695. The molecule has 0 saturated heterocycles. The number of benzene rings is 1. The Labute approximate surface area is 121 Å². The predicted octanol–water partition coefficient (Wildman–Crippen LogP) is 3.01. The van der Waals surface area contributed by atoms with Crippen molar-refractivity contribution >= 4 is 16.9 Å². The van der Waals surface area contributed by atoms with Gasteiger partial charge in [-0.05, 0) is 31.5 Å². The maximum absolute atomic E-state index is 11.0. The number of hydrogen-bond donors (Lipinski definition) is 1. The Kier molecular flexibility index (Phi) is 3.10. The topological polar surface area (TPSA) is 76.0 Å². The first-order valence-corrected chi connectivity index (χ1v) is 6.50. The lowest BCUT2D eigenvalue weighted by atomic mass is 10.1. The number of fused-ring (bicyclic) bond motifs is 1. The van der Waals surface area contributed by atoms with Gasteiger partial charge in [-0.3, -0.25) is 0 Å². The molecular weight excluding hydrogens is 266 g/mol. The van der Waals surface area contributed by atoms with Crippen LogP contribution in [0.4, 0.5) is 0 Å². The van der Waals surface area contributed by atoms with Crippen LogP contribution in [0.2, 0.25) is 0 Å². The Morgan fingerprint density at radius 3 is 2.62 bits per heavy atom. The van der Waals surface area contributed by atoms with E-state index in [1.807, 2.05) is 37.3 Å². The van der Waals surface area contributed by atoms with Gasteiger partial charge < -0.3 is 5.11 Å². The first-order valence-electron chi connectivity index (χ1n) is 6.50. The van der Waals surface area contributed by atoms with Gasteiger partial charge in [0, 0.05) is 11.6 Å². The summed E-state index contributed by atoms with van der Waals surface area (Å²) in [6.07, 6.45) is 1.33. The first-order chi connectivity index (χ1) is 10.1. The minimum Gasteiger partial charge on any atom is -0.478 e. The second-order valence-electron chi connectivity index (χ2n) is 4.84. The summed E-state index contributed by atoms with van der Waals surface area (Å²) in [6.45, 7) is 3.66. The van der Waals surface area contributed by atoms with Gasteiger partial charge in [-0.25, -0.2) is 19.7 Å². The van der Waals surface area contributed by atoms with Gasteiger partial charge in [0.1, 0.15) is 5.69 Å². The molecule has 0 fully saturated rings. The number of carboxylic acids is 1. The van der Waals surface area contributed by atoms with Crippen LogP contribution in [0.1, 0.15) is 21.6 Å². The molecule has 0 aliphatic rings. The summed E-state index contributed by atoms with van der Waals surface area (Å²) in [4.78, 5) is 23.9. The second kappa shape index (κ2) is 4.94. The summed E-state index contributed by atoms with van der Waals surface area (Å²) in [5, 5.41) is 10.1. The van der Waals surface area contributed by atoms with Crippen LogP contribution in [0.15, 0.2) is 36.5 Å². The third-order valence-corrected chi connectivity index (χ3v) is 3.36. The molecule has 21 heavy (non-hydrogen) atoms. The third-order valence-electron chi connectivity index (χ3n) is 3.36. The van der Waals surface area contributed by atoms with E-state index in [2.05, 4.69) is 15.0 Å². The zero-order valence-electron chi connectivity index (χ0n) is 11.7. The molecule has 104 valence electrons. The Hall–Kier alpha value is -2.82. The molecule has 0 aliphatic carbocycles. The van der Waals surface area contributed by atoms with Crippen molar-refractivity contribution in [3.05, 3.63) is 53.3 Å². The molecule has 3 rings (SSSR count). The maximum Gasteiger partial charge on any atom is 0.339 e. The largest absolute Gasteiger partial charge is 0.478 e. The number of carbonyl (C=O) groups is 1. The molecule has 5 heteroatoms. The van der Waals surface area contributed by atoms with Gasteiger partial charge in [0.2, 0.25) is 0 Å². The van der Waals surface area contributed by atoms with Gasteiger partial charge in [0.25, 0.3) is 0 Å². The Morgan fingerprint density at radius 2 is 1.90 bits per heavy atom. The van der Waals surface area contributed by atoms with Crippen LogP contribution in [0.25, 0.3) is 22.4 Å². The average Bonchev–Trinajstić information content (AvgIpc) is 2.46. The van der Waals surface area contributed by atoms with Gasteiger partial charge in [-0.15, -0.1) is 0 Å². The van der Waals surface area contributed by atoms with Gasteiger partial charge in [-0.2, -0.15) is 0 Å². The Balaban J connectivity index is 2.16. The number of nitrogens with zero attached hydrogens (tertiary/aromatic N) is 3. The molecule has 0 amide bonds. The van der Waals surface area contributed by atoms with Gasteiger partial charge in [-0.1, -0.05) is 18.2 Å². The fourth-order valence-electron chi connectivity index (χ4n) is 2.26. The zero-order chi connectivity index (χ0) is 15.0. The second-order valence-corrected chi connectivity index (χ2v) is 4.84. The van der Waals surface area contributed by atoms with Crippen molar-refractivity contribution in [1.29, 1.82) is 0 Å². The first kappa shape index (κ1) is 13.2. The molecule has 2 heterocycles. The zero-order valence-corrected chi connectivity index (χ0v) is 11.7. The normalized spacial score (nSPS) is 10.8. The number of pyridine rings is 1. The van der Waals surface area contributed by atoms with E-state index in [-0.39, 0.29) is 5.56 Å². The molecule has 0 radical (unpaired) electrons. The van der Waals surface area contributed by atoms with E-state index in [1.165, 1.54) is 6.20 Å². The molecule has 0 spiro atoms. The molecule has 5 nitrogen and oxygen atoms in total. The minimum atomic E-state index is -1.03. The average molecular weight is 279 g/mol. The minimum absolute atomic E-state index is 0.108. The quantitative estimate of drug-likeness (QED) is 0.780. The van der Waals surface area contributed by atoms with Crippen LogP contribution < -0.4 is 0 Å². The molecule has 0 aliphatic heterocycles. The van der Waals surface area contributed by atoms with Crippen LogP contribution >= 0.6 is 0 Å². The monoisotopic (exact) mass is 279 g/mol. The molecule has 0 saturated carbocycles. The fraction of sp³-hybridized carbons (Fsp3) is 0.125. The molecule has 0 atom stereocenters. The highest BCUT2D eigenvalue weighted by Gasteiger charge is 2.12. The van der Waals surface area contributed by atoms with E-state index >= 15 is 0 Å². The summed E-state index contributed by atoms with van der Waals surface area (Å²) in [6, 6.07) is 9.76. The fourth-order valence-corrected chi connectivity index (χ4v) is 2.26. The van der Waals surface area contributed by atoms with Crippen molar-refractivity contribution in [2.24, 2.45) is 0 Å². The van der Waals surface area contributed by atoms with Crippen LogP contribution in [0.5, 0.6) is 0 Å². The van der Waals surface area contributed by atoms with Crippen molar-refractivity contribution < 1.29 is 9.90 Å². The van der Waals surface area contributed by atoms with Crippen LogP contribution in [-0.2, 0) is 0 Å². The van der Waals surface area contributed by atoms with Crippen LogP contribution in [-0.4, -0.2) is 26.0 Å². The van der Waals surface area contributed by atoms with Gasteiger partial charge >= 0.3 is 5.97 Å². The molecule has 0 unspecified atom stereocenters. The van der Waals surface area contributed by atoms with E-state index in [0.29, 0.717) is 17.2 Å². The lowest BCUT2D eigenvalue weighted by Gasteiger charge is -2.07. The van der Waals surface area contributed by atoms with Crippen molar-refractivity contribution in [3.8, 4) is 11.5 Å². The lowest BCUT2D eigenvalue weighted by Crippen LogP contribution is -2.05. The number of rotatable bonds is 2. The summed E-state index contributed by atoms with van der Waals surface area (Å²) in [5.41, 5.74) is 3.14. The molecule has 1 N–H and O–H groups in total. The number of carboxylic acid groups (broad SMARTS) is 1. The number of aromatic carboxylic acids is 1. The highest BCUT2D eigenvalue weighted by Crippen LogP contribution is 2.22. The Bertz CT molecular complexity index is 859. The molecule has 3 aromatic rings. The summed E-state index contributed by atoms with van der Waals surface area (Å²) < 4.78 is 0. The van der Waals surface area contributed by atoms with Crippen molar-refractivity contribution in [1.82, 2.24) is 15.0 Å². The van der Waals surface area contributed by atoms with E-state index < -0.39 is 5.97 Å². The number of hydrogen-bond acceptors (Lipinski definition) is 4. The number of aromatic nitrogens is 3. The smallest absolute Gasteiger partial charge is 0.339 e. The number of para-hydroxylation sites is 1. The van der Waals surface area contributed by atoms with E-state index in [1.54, 1.807) is 6.92 Å². The Morgan fingerprint density at radius 1 is 1.14 bits per heavy atom. The highest BCUT2D eigenvalue weighted by atomic mass is 16.4. The van der Waals surface area contributed by atoms with Crippen LogP contribution in [0.3, 0.4) is 0 Å². The van der Waals surface area contributed by atoms with Crippen molar-refractivity contribution in [2.75, 3.05) is 0 Å². The summed E-state index contributed by atoms with van der Waals surface area (Å²) >= 11 is 0. The maximum atomic E-state index is 11.0. The van der Waals surface area contributed by atoms with Gasteiger partial charge in [0.15, 0.2) is 5.82 Å². The summed E-state index contributed by atoms with van der Waals surface area (Å²) in [5.74, 6) is -0.590. The molecule has 0 bridgehead atoms. The van der Waals surface area contributed by atoms with Crippen molar-refractivity contribution in [3.63, 3.8) is 0 Å². The molecule has 1 aromatic carbocycles. The van der Waals surface area contributed by atoms with E-state index in [0.717, 1.165) is 16.5 Å². The predicted molar refractivity (Wildman–Crippen MR) is 79.2 cm³/mol. The standard InChI is InChI=1S/C16H13N3O2/c1-9-7-14(19-13-6-4-3-5-11(9)13)15-17-8-12(16(20)21)10(2)18-15/h3-8H,1-2H3,(H,20,21). The number of aryl methyl sites for hydroxylation is 2. The van der Waals surface area contributed by atoms with Crippen molar-refractivity contribution in [2.45, 2.75) is 13.8 Å². The SMILES string of the molecule is Cc1nc(-c2cc(C)c3ccccc3n2)ncc1C(=O)O. The molecular formula is C16H13N3O2. The molecule has 2 aromatic heterocycles. The van der Waals surface area contributed by atoms with E-state index in [9.17, 15) is 4.79 Å². The van der Waals surface area contributed by atoms with Gasteiger partial charge in [0.05, 0.1) is 16.8 Å². The third kappa shape index (κ3) is 2.33. The summed E-state index contributed by atoms with van der Waals surface area (Å²) in [7, 11) is 0.